The molecule has 0 aromatic heterocycles. The van der Waals surface area contributed by atoms with E-state index in [2.05, 4.69) is 10.6 Å². The van der Waals surface area contributed by atoms with E-state index in [9.17, 15) is 19.5 Å². The Morgan fingerprint density at radius 2 is 1.85 bits per heavy atom. The fraction of sp³-hybridized carbons (Fsp3) is 0.769. The molecule has 0 aromatic carbocycles. The molecule has 0 bridgehead atoms. The van der Waals surface area contributed by atoms with Crippen molar-refractivity contribution in [3.63, 3.8) is 0 Å². The number of carboxylic acid groups (broad SMARTS) is 1. The van der Waals surface area contributed by atoms with E-state index in [1.807, 2.05) is 0 Å². The Morgan fingerprint density at radius 1 is 1.25 bits per heavy atom. The molecule has 0 spiro atoms. The molecule has 7 heteroatoms. The normalized spacial score (nSPS) is 17.2. The number of carbonyl (C=O) groups excluding carboxylic acids is 2. The lowest BCUT2D eigenvalue weighted by molar-refractivity contribution is -0.150. The summed E-state index contributed by atoms with van der Waals surface area (Å²) in [5.74, 6) is -1.05. The van der Waals surface area contributed by atoms with Gasteiger partial charge in [0.15, 0.2) is 0 Å². The maximum absolute atomic E-state index is 12.2. The number of amides is 3. The molecule has 1 aliphatic rings. The molecule has 0 aromatic rings. The van der Waals surface area contributed by atoms with Crippen LogP contribution in [0.25, 0.3) is 0 Å². The van der Waals surface area contributed by atoms with Gasteiger partial charge in [0.25, 0.3) is 0 Å². The molecule has 7 nitrogen and oxygen atoms in total. The number of rotatable bonds is 3. The van der Waals surface area contributed by atoms with Gasteiger partial charge < -0.3 is 20.6 Å². The standard InChI is InChI=1S/C13H23N3O4/c1-12(2,10(18)19)13(3,4)15-11(20)16-7-5-9(17)14-6-8-16/h5-8H2,1-4H3,(H,14,17)(H,15,20)(H,18,19). The fourth-order valence-corrected chi connectivity index (χ4v) is 1.74. The molecule has 1 fully saturated rings. The van der Waals surface area contributed by atoms with Crippen LogP contribution in [0.15, 0.2) is 0 Å². The Kier molecular flexibility index (Phi) is 4.62. The van der Waals surface area contributed by atoms with Gasteiger partial charge in [0.05, 0.1) is 11.0 Å². The van der Waals surface area contributed by atoms with E-state index in [-0.39, 0.29) is 18.4 Å². The van der Waals surface area contributed by atoms with Crippen LogP contribution in [0.2, 0.25) is 0 Å². The Morgan fingerprint density at radius 3 is 2.40 bits per heavy atom. The molecule has 1 aliphatic heterocycles. The first-order chi connectivity index (χ1) is 9.08. The van der Waals surface area contributed by atoms with E-state index >= 15 is 0 Å². The number of nitrogens with one attached hydrogen (secondary N) is 2. The molecule has 1 heterocycles. The van der Waals surface area contributed by atoms with Crippen LogP contribution in [-0.2, 0) is 9.59 Å². The molecule has 114 valence electrons. The van der Waals surface area contributed by atoms with E-state index in [1.54, 1.807) is 27.7 Å². The zero-order valence-corrected chi connectivity index (χ0v) is 12.4. The second-order valence-electron chi connectivity index (χ2n) is 6.07. The van der Waals surface area contributed by atoms with Crippen molar-refractivity contribution in [3.05, 3.63) is 0 Å². The summed E-state index contributed by atoms with van der Waals surface area (Å²) in [4.78, 5) is 36.3. The number of hydrogen-bond donors (Lipinski definition) is 3. The molecular formula is C13H23N3O4. The molecule has 0 radical (unpaired) electrons. The van der Waals surface area contributed by atoms with Gasteiger partial charge in [-0.15, -0.1) is 0 Å². The van der Waals surface area contributed by atoms with E-state index in [0.29, 0.717) is 19.6 Å². The van der Waals surface area contributed by atoms with Crippen molar-refractivity contribution in [1.82, 2.24) is 15.5 Å². The van der Waals surface area contributed by atoms with E-state index in [0.717, 1.165) is 0 Å². The highest BCUT2D eigenvalue weighted by Gasteiger charge is 2.45. The van der Waals surface area contributed by atoms with Crippen molar-refractivity contribution >= 4 is 17.9 Å². The van der Waals surface area contributed by atoms with E-state index < -0.39 is 16.9 Å². The lowest BCUT2D eigenvalue weighted by atomic mass is 9.74. The zero-order valence-electron chi connectivity index (χ0n) is 12.4. The molecule has 0 unspecified atom stereocenters. The summed E-state index contributed by atoms with van der Waals surface area (Å²) in [6.45, 7) is 7.67. The Hall–Kier alpha value is -1.79. The highest BCUT2D eigenvalue weighted by atomic mass is 16.4. The summed E-state index contributed by atoms with van der Waals surface area (Å²) < 4.78 is 0. The molecule has 20 heavy (non-hydrogen) atoms. The lowest BCUT2D eigenvalue weighted by Gasteiger charge is -2.40. The largest absolute Gasteiger partial charge is 0.481 e. The molecular weight excluding hydrogens is 262 g/mol. The minimum absolute atomic E-state index is 0.0783. The predicted octanol–water partition coefficient (Wildman–Crippen LogP) is 0.407. The monoisotopic (exact) mass is 285 g/mol. The number of aliphatic carboxylic acids is 1. The van der Waals surface area contributed by atoms with Crippen LogP contribution in [0.1, 0.15) is 34.1 Å². The first kappa shape index (κ1) is 16.3. The molecule has 0 aliphatic carbocycles. The maximum Gasteiger partial charge on any atom is 0.317 e. The SMILES string of the molecule is CC(C)(NC(=O)N1CCNC(=O)CC1)C(C)(C)C(=O)O. The second kappa shape index (κ2) is 5.68. The summed E-state index contributed by atoms with van der Waals surface area (Å²) in [5, 5.41) is 14.7. The minimum Gasteiger partial charge on any atom is -0.481 e. The maximum atomic E-state index is 12.2. The van der Waals surface area contributed by atoms with Gasteiger partial charge in [0, 0.05) is 26.1 Å². The number of nitrogens with zero attached hydrogens (tertiary/aromatic N) is 1. The van der Waals surface area contributed by atoms with Crippen LogP contribution in [-0.4, -0.2) is 53.1 Å². The summed E-state index contributed by atoms with van der Waals surface area (Å²) in [6, 6.07) is -0.346. The number of hydrogen-bond acceptors (Lipinski definition) is 3. The van der Waals surface area contributed by atoms with Crippen molar-refractivity contribution in [2.45, 2.75) is 39.7 Å². The third-order valence-corrected chi connectivity index (χ3v) is 4.12. The van der Waals surface area contributed by atoms with Gasteiger partial charge in [0.1, 0.15) is 0 Å². The predicted molar refractivity (Wildman–Crippen MR) is 73.2 cm³/mol. The van der Waals surface area contributed by atoms with Gasteiger partial charge in [0.2, 0.25) is 5.91 Å². The molecule has 1 saturated heterocycles. The average Bonchev–Trinajstić information content (AvgIpc) is 2.53. The smallest absolute Gasteiger partial charge is 0.317 e. The van der Waals surface area contributed by atoms with Gasteiger partial charge in [-0.1, -0.05) is 0 Å². The van der Waals surface area contributed by atoms with Crippen molar-refractivity contribution in [3.8, 4) is 0 Å². The van der Waals surface area contributed by atoms with Gasteiger partial charge in [-0.25, -0.2) is 4.79 Å². The molecule has 3 amide bonds. The highest BCUT2D eigenvalue weighted by Crippen LogP contribution is 2.30. The fourth-order valence-electron chi connectivity index (χ4n) is 1.74. The van der Waals surface area contributed by atoms with E-state index in [1.165, 1.54) is 4.90 Å². The second-order valence-corrected chi connectivity index (χ2v) is 6.07. The van der Waals surface area contributed by atoms with Crippen LogP contribution < -0.4 is 10.6 Å². The number of urea groups is 1. The Balaban J connectivity index is 2.74. The Labute approximate surface area is 118 Å². The summed E-state index contributed by atoms with van der Waals surface area (Å²) in [5.41, 5.74) is -2.03. The molecule has 3 N–H and O–H groups in total. The minimum atomic E-state index is -1.11. The number of carbonyl (C=O) groups is 3. The van der Waals surface area contributed by atoms with Crippen molar-refractivity contribution in [1.29, 1.82) is 0 Å². The third kappa shape index (κ3) is 3.40. The third-order valence-electron chi connectivity index (χ3n) is 4.12. The molecule has 0 saturated carbocycles. The van der Waals surface area contributed by atoms with Gasteiger partial charge in [-0.2, -0.15) is 0 Å². The molecule has 1 rings (SSSR count). The quantitative estimate of drug-likeness (QED) is 0.699. The van der Waals surface area contributed by atoms with E-state index in [4.69, 9.17) is 0 Å². The van der Waals surface area contributed by atoms with Crippen molar-refractivity contribution in [2.24, 2.45) is 5.41 Å². The average molecular weight is 285 g/mol. The van der Waals surface area contributed by atoms with Gasteiger partial charge >= 0.3 is 12.0 Å². The van der Waals surface area contributed by atoms with Crippen LogP contribution >= 0.6 is 0 Å². The van der Waals surface area contributed by atoms with Crippen LogP contribution in [0.4, 0.5) is 4.79 Å². The van der Waals surface area contributed by atoms with Crippen LogP contribution in [0, 0.1) is 5.41 Å². The van der Waals surface area contributed by atoms with Crippen LogP contribution in [0.3, 0.4) is 0 Å². The van der Waals surface area contributed by atoms with Crippen LogP contribution in [0.5, 0.6) is 0 Å². The van der Waals surface area contributed by atoms with Gasteiger partial charge in [-0.3, -0.25) is 9.59 Å². The summed E-state index contributed by atoms with van der Waals surface area (Å²) in [7, 11) is 0. The van der Waals surface area contributed by atoms with Crippen molar-refractivity contribution in [2.75, 3.05) is 19.6 Å². The zero-order chi connectivity index (χ0) is 15.6. The lowest BCUT2D eigenvalue weighted by Crippen LogP contribution is -2.59. The summed E-state index contributed by atoms with van der Waals surface area (Å²) >= 11 is 0. The highest BCUT2D eigenvalue weighted by molar-refractivity contribution is 5.81. The Bertz CT molecular complexity index is 418. The van der Waals surface area contributed by atoms with Crippen molar-refractivity contribution < 1.29 is 19.5 Å². The first-order valence-electron chi connectivity index (χ1n) is 6.65. The topological polar surface area (TPSA) is 98.7 Å². The number of carboxylic acids is 1. The summed E-state index contributed by atoms with van der Waals surface area (Å²) in [6.07, 6.45) is 0.260. The molecule has 0 atom stereocenters. The van der Waals surface area contributed by atoms with Gasteiger partial charge in [-0.05, 0) is 27.7 Å². The first-order valence-corrected chi connectivity index (χ1v) is 6.65.